The lowest BCUT2D eigenvalue weighted by molar-refractivity contribution is -0.170. The lowest BCUT2D eigenvalue weighted by Gasteiger charge is -2.31. The molecule has 8 nitrogen and oxygen atoms in total. The van der Waals surface area contributed by atoms with Crippen LogP contribution in [0.1, 0.15) is 97.1 Å². The van der Waals surface area contributed by atoms with E-state index in [4.69, 9.17) is 4.74 Å². The predicted octanol–water partition coefficient (Wildman–Crippen LogP) is 7.27. The van der Waals surface area contributed by atoms with Crippen molar-refractivity contribution in [2.45, 2.75) is 105 Å². The number of anilines is 1. The van der Waals surface area contributed by atoms with E-state index in [9.17, 15) is 22.8 Å². The normalized spacial score (nSPS) is 12.8. The quantitative estimate of drug-likeness (QED) is 0.219. The highest BCUT2D eigenvalue weighted by molar-refractivity contribution is 5.98. The summed E-state index contributed by atoms with van der Waals surface area (Å²) in [5.74, 6) is -1.29. The molecule has 236 valence electrons. The number of aromatic nitrogens is 2. The molecule has 2 rings (SSSR count). The summed E-state index contributed by atoms with van der Waals surface area (Å²) in [5, 5.41) is 0. The maximum absolute atomic E-state index is 13.7. The van der Waals surface area contributed by atoms with E-state index < -0.39 is 29.8 Å². The lowest BCUT2D eigenvalue weighted by Crippen LogP contribution is -2.42. The fourth-order valence-corrected chi connectivity index (χ4v) is 4.87. The van der Waals surface area contributed by atoms with Crippen LogP contribution in [-0.2, 0) is 22.5 Å². The van der Waals surface area contributed by atoms with Gasteiger partial charge in [-0.15, -0.1) is 0 Å². The third kappa shape index (κ3) is 10.6. The first kappa shape index (κ1) is 35.1. The van der Waals surface area contributed by atoms with Gasteiger partial charge in [0.05, 0.1) is 6.04 Å². The monoisotopic (exact) mass is 595 g/mol. The molecule has 1 heterocycles. The molecule has 0 saturated heterocycles. The molecule has 0 spiro atoms. The average molecular weight is 596 g/mol. The number of benzene rings is 1. The van der Waals surface area contributed by atoms with E-state index >= 15 is 0 Å². The maximum Gasteiger partial charge on any atom is 0.471 e. The number of nitrogens with one attached hydrogen (secondary N) is 1. The van der Waals surface area contributed by atoms with Crippen LogP contribution < -0.4 is 4.90 Å². The number of carbonyl (C=O) groups is 2. The van der Waals surface area contributed by atoms with Gasteiger partial charge >= 0.3 is 18.2 Å². The number of unbranched alkanes of at least 4 members (excludes halogenated alkanes) is 1. The van der Waals surface area contributed by atoms with Crippen molar-refractivity contribution in [3.8, 4) is 0 Å². The SMILES string of the molecule is CCCN(CCC)CCCCN(C(=O)C(F)(F)F)c1ccc(CN(C(=O)OC(C)(C)C)C(C)c2ncc[nH]2)cc1CC. The van der Waals surface area contributed by atoms with Crippen LogP contribution in [0, 0.1) is 0 Å². The van der Waals surface area contributed by atoms with E-state index in [1.54, 1.807) is 51.4 Å². The molecule has 1 unspecified atom stereocenters. The number of amides is 2. The molecular weight excluding hydrogens is 547 g/mol. The van der Waals surface area contributed by atoms with Gasteiger partial charge in [-0.25, -0.2) is 9.78 Å². The molecule has 1 aromatic heterocycles. The van der Waals surface area contributed by atoms with Crippen LogP contribution in [0.3, 0.4) is 0 Å². The Balaban J connectivity index is 2.33. The van der Waals surface area contributed by atoms with E-state index in [0.717, 1.165) is 37.4 Å². The van der Waals surface area contributed by atoms with Gasteiger partial charge in [-0.3, -0.25) is 9.69 Å². The van der Waals surface area contributed by atoms with Crippen LogP contribution in [0.4, 0.5) is 23.7 Å². The number of ether oxygens (including phenoxy) is 1. The Morgan fingerprint density at radius 2 is 1.64 bits per heavy atom. The second kappa shape index (κ2) is 16.0. The molecular formula is C31H48F3N5O3. The van der Waals surface area contributed by atoms with Gasteiger partial charge in [0.1, 0.15) is 11.4 Å². The molecule has 0 saturated carbocycles. The highest BCUT2D eigenvalue weighted by Crippen LogP contribution is 2.30. The first-order valence-electron chi connectivity index (χ1n) is 14.9. The highest BCUT2D eigenvalue weighted by atomic mass is 19.4. The average Bonchev–Trinajstić information content (AvgIpc) is 3.45. The van der Waals surface area contributed by atoms with Crippen molar-refractivity contribution in [3.63, 3.8) is 0 Å². The summed E-state index contributed by atoms with van der Waals surface area (Å²) in [5.41, 5.74) is 0.817. The van der Waals surface area contributed by atoms with Crippen LogP contribution >= 0.6 is 0 Å². The molecule has 0 aliphatic rings. The van der Waals surface area contributed by atoms with Gasteiger partial charge < -0.3 is 19.5 Å². The first-order valence-corrected chi connectivity index (χ1v) is 14.9. The number of halogens is 3. The van der Waals surface area contributed by atoms with E-state index in [1.165, 1.54) is 4.90 Å². The number of aromatic amines is 1. The summed E-state index contributed by atoms with van der Waals surface area (Å²) in [6.45, 7) is 16.0. The Morgan fingerprint density at radius 1 is 1.00 bits per heavy atom. The molecule has 0 bridgehead atoms. The van der Waals surface area contributed by atoms with Crippen molar-refractivity contribution >= 4 is 17.7 Å². The molecule has 1 aromatic carbocycles. The predicted molar refractivity (Wildman–Crippen MR) is 159 cm³/mol. The Hall–Kier alpha value is -3.08. The minimum Gasteiger partial charge on any atom is -0.444 e. The molecule has 1 N–H and O–H groups in total. The molecule has 2 aromatic rings. The summed E-state index contributed by atoms with van der Waals surface area (Å²) in [4.78, 5) is 37.8. The Bertz CT molecular complexity index is 1110. The van der Waals surface area contributed by atoms with Crippen LogP contribution in [-0.4, -0.2) is 69.7 Å². The second-order valence-electron chi connectivity index (χ2n) is 11.6. The van der Waals surface area contributed by atoms with Crippen LogP contribution in [0.2, 0.25) is 0 Å². The number of H-pyrrole nitrogens is 1. The topological polar surface area (TPSA) is 81.8 Å². The van der Waals surface area contributed by atoms with E-state index in [-0.39, 0.29) is 18.8 Å². The molecule has 42 heavy (non-hydrogen) atoms. The van der Waals surface area contributed by atoms with Crippen molar-refractivity contribution in [3.05, 3.63) is 47.5 Å². The summed E-state index contributed by atoms with van der Waals surface area (Å²) >= 11 is 0. The third-order valence-corrected chi connectivity index (χ3v) is 6.85. The standard InChI is InChI=1S/C31H48F3N5O3/c1-8-17-37(18-9-2)19-11-12-20-38(28(40)31(32,33)34)26-14-13-24(21-25(26)10-3)22-39(29(41)42-30(5,6)7)23(4)27-35-15-16-36-27/h13-16,21,23H,8-12,17-20,22H2,1-7H3,(H,35,36). The summed E-state index contributed by atoms with van der Waals surface area (Å²) in [6.07, 6.45) is 1.30. The van der Waals surface area contributed by atoms with Crippen molar-refractivity contribution in [2.24, 2.45) is 0 Å². The highest BCUT2D eigenvalue weighted by Gasteiger charge is 2.43. The van der Waals surface area contributed by atoms with E-state index in [1.807, 2.05) is 13.8 Å². The fourth-order valence-electron chi connectivity index (χ4n) is 4.87. The van der Waals surface area contributed by atoms with Crippen LogP contribution in [0.15, 0.2) is 30.6 Å². The van der Waals surface area contributed by atoms with Gasteiger partial charge in [0, 0.05) is 31.2 Å². The minimum absolute atomic E-state index is 0.0314. The molecule has 2 amide bonds. The molecule has 0 aliphatic heterocycles. The van der Waals surface area contributed by atoms with Crippen LogP contribution in [0.5, 0.6) is 0 Å². The van der Waals surface area contributed by atoms with Crippen molar-refractivity contribution in [2.75, 3.05) is 31.1 Å². The largest absolute Gasteiger partial charge is 0.471 e. The number of nitrogens with zero attached hydrogens (tertiary/aromatic N) is 4. The maximum atomic E-state index is 13.7. The van der Waals surface area contributed by atoms with Crippen molar-refractivity contribution in [1.82, 2.24) is 19.8 Å². The minimum atomic E-state index is -4.99. The van der Waals surface area contributed by atoms with Crippen molar-refractivity contribution < 1.29 is 27.5 Å². The van der Waals surface area contributed by atoms with Gasteiger partial charge in [-0.05, 0) is 96.6 Å². The van der Waals surface area contributed by atoms with Gasteiger partial charge in [0.15, 0.2) is 0 Å². The van der Waals surface area contributed by atoms with Gasteiger partial charge in [0.25, 0.3) is 0 Å². The zero-order chi connectivity index (χ0) is 31.5. The zero-order valence-corrected chi connectivity index (χ0v) is 26.2. The molecule has 0 aliphatic carbocycles. The number of hydrogen-bond donors (Lipinski definition) is 1. The number of rotatable bonds is 15. The summed E-state index contributed by atoms with van der Waals surface area (Å²) < 4.78 is 46.7. The number of carbonyl (C=O) groups excluding carboxylic acids is 2. The molecule has 0 radical (unpaired) electrons. The van der Waals surface area contributed by atoms with Gasteiger partial charge in [0.2, 0.25) is 0 Å². The zero-order valence-electron chi connectivity index (χ0n) is 26.2. The number of alkyl halides is 3. The fraction of sp³-hybridized carbons (Fsp3) is 0.645. The Kier molecular flexibility index (Phi) is 13.3. The van der Waals surface area contributed by atoms with E-state index in [2.05, 4.69) is 28.7 Å². The number of hydrogen-bond acceptors (Lipinski definition) is 5. The Labute approximate surface area is 248 Å². The molecule has 1 atom stereocenters. The lowest BCUT2D eigenvalue weighted by atomic mass is 10.0. The number of imidazole rings is 1. The molecule has 0 fully saturated rings. The number of aryl methyl sites for hydroxylation is 1. The third-order valence-electron chi connectivity index (χ3n) is 6.85. The van der Waals surface area contributed by atoms with Gasteiger partial charge in [-0.1, -0.05) is 32.9 Å². The first-order chi connectivity index (χ1) is 19.7. The van der Waals surface area contributed by atoms with Gasteiger partial charge in [-0.2, -0.15) is 13.2 Å². The summed E-state index contributed by atoms with van der Waals surface area (Å²) in [6, 6.07) is 4.54. The smallest absolute Gasteiger partial charge is 0.444 e. The molecule has 11 heteroatoms. The second-order valence-corrected chi connectivity index (χ2v) is 11.6. The van der Waals surface area contributed by atoms with Crippen molar-refractivity contribution in [1.29, 1.82) is 0 Å². The van der Waals surface area contributed by atoms with E-state index in [0.29, 0.717) is 36.2 Å². The van der Waals surface area contributed by atoms with Crippen LogP contribution in [0.25, 0.3) is 0 Å². The summed E-state index contributed by atoms with van der Waals surface area (Å²) in [7, 11) is 0. The Morgan fingerprint density at radius 3 is 2.17 bits per heavy atom.